The van der Waals surface area contributed by atoms with E-state index in [0.29, 0.717) is 5.75 Å². The third-order valence-electron chi connectivity index (χ3n) is 1.87. The van der Waals surface area contributed by atoms with Gasteiger partial charge in [-0.15, -0.1) is 0 Å². The standard InChI is InChI=1S/C11H15O/c1-8(2)6-10-4-5-11(12)7-9(10)3/h4-5,7,12H,6H2,1-3H3. The van der Waals surface area contributed by atoms with Gasteiger partial charge in [0.2, 0.25) is 0 Å². The van der Waals surface area contributed by atoms with E-state index < -0.39 is 0 Å². The number of aryl methyl sites for hydroxylation is 1. The molecule has 0 aliphatic heterocycles. The number of hydrogen-bond donors (Lipinski definition) is 1. The summed E-state index contributed by atoms with van der Waals surface area (Å²) in [5.41, 5.74) is 2.46. The number of phenols is 1. The lowest BCUT2D eigenvalue weighted by molar-refractivity contribution is 0.474. The van der Waals surface area contributed by atoms with Crippen LogP contribution in [0.4, 0.5) is 0 Å². The van der Waals surface area contributed by atoms with E-state index in [1.807, 2.05) is 13.0 Å². The number of aromatic hydroxyl groups is 1. The summed E-state index contributed by atoms with van der Waals surface area (Å²) in [5, 5.41) is 9.16. The smallest absolute Gasteiger partial charge is 0.115 e. The van der Waals surface area contributed by atoms with Crippen molar-refractivity contribution in [3.05, 3.63) is 35.2 Å². The molecule has 12 heavy (non-hydrogen) atoms. The minimum atomic E-state index is 0.352. The predicted octanol–water partition coefficient (Wildman–Crippen LogP) is 2.86. The van der Waals surface area contributed by atoms with Crippen LogP contribution >= 0.6 is 0 Å². The van der Waals surface area contributed by atoms with Crippen LogP contribution in [0.3, 0.4) is 0 Å². The minimum Gasteiger partial charge on any atom is -0.508 e. The fraction of sp³-hybridized carbons (Fsp3) is 0.364. The first-order chi connectivity index (χ1) is 5.59. The average Bonchev–Trinajstić information content (AvgIpc) is 1.94. The Morgan fingerprint density at radius 3 is 2.50 bits per heavy atom. The number of rotatable bonds is 2. The second kappa shape index (κ2) is 3.61. The fourth-order valence-corrected chi connectivity index (χ4v) is 1.26. The first-order valence-electron chi connectivity index (χ1n) is 4.17. The Balaban J connectivity index is 2.86. The molecule has 0 amide bonds. The normalized spacial score (nSPS) is 10.7. The summed E-state index contributed by atoms with van der Waals surface area (Å²) in [5.74, 6) is 1.74. The maximum absolute atomic E-state index is 9.16. The highest BCUT2D eigenvalue weighted by Crippen LogP contribution is 2.18. The maximum atomic E-state index is 9.16. The molecule has 1 aromatic carbocycles. The molecule has 1 rings (SSSR count). The van der Waals surface area contributed by atoms with Crippen LogP contribution in [-0.2, 0) is 6.42 Å². The van der Waals surface area contributed by atoms with Gasteiger partial charge >= 0.3 is 0 Å². The molecule has 0 spiro atoms. The first-order valence-corrected chi connectivity index (χ1v) is 4.17. The second-order valence-electron chi connectivity index (χ2n) is 3.49. The van der Waals surface area contributed by atoms with Gasteiger partial charge in [0.05, 0.1) is 0 Å². The highest BCUT2D eigenvalue weighted by Gasteiger charge is 2.01. The van der Waals surface area contributed by atoms with Crippen molar-refractivity contribution >= 4 is 0 Å². The summed E-state index contributed by atoms with van der Waals surface area (Å²) in [6, 6.07) is 5.53. The quantitative estimate of drug-likeness (QED) is 0.710. The zero-order valence-electron chi connectivity index (χ0n) is 7.89. The fourth-order valence-electron chi connectivity index (χ4n) is 1.26. The number of benzene rings is 1. The highest BCUT2D eigenvalue weighted by atomic mass is 16.3. The molecule has 1 aromatic rings. The van der Waals surface area contributed by atoms with Crippen molar-refractivity contribution in [1.82, 2.24) is 0 Å². The Morgan fingerprint density at radius 1 is 1.33 bits per heavy atom. The Labute approximate surface area is 74.1 Å². The van der Waals surface area contributed by atoms with Crippen LogP contribution in [0.15, 0.2) is 18.2 Å². The van der Waals surface area contributed by atoms with Crippen molar-refractivity contribution in [3.8, 4) is 5.75 Å². The molecule has 1 heteroatoms. The van der Waals surface area contributed by atoms with Gasteiger partial charge in [-0.1, -0.05) is 19.9 Å². The molecule has 0 bridgehead atoms. The second-order valence-corrected chi connectivity index (χ2v) is 3.49. The Kier molecular flexibility index (Phi) is 2.74. The van der Waals surface area contributed by atoms with E-state index >= 15 is 0 Å². The summed E-state index contributed by atoms with van der Waals surface area (Å²) < 4.78 is 0. The van der Waals surface area contributed by atoms with E-state index in [-0.39, 0.29) is 0 Å². The monoisotopic (exact) mass is 163 g/mol. The van der Waals surface area contributed by atoms with E-state index in [1.54, 1.807) is 12.1 Å². The van der Waals surface area contributed by atoms with Crippen molar-refractivity contribution in [2.75, 3.05) is 0 Å². The average molecular weight is 163 g/mol. The lowest BCUT2D eigenvalue weighted by atomic mass is 9.99. The van der Waals surface area contributed by atoms with Gasteiger partial charge in [-0.3, -0.25) is 0 Å². The number of phenolic OH excluding ortho intramolecular Hbond substituents is 1. The Bertz CT molecular complexity index is 264. The van der Waals surface area contributed by atoms with Crippen LogP contribution in [0.1, 0.15) is 25.0 Å². The van der Waals surface area contributed by atoms with Gasteiger partial charge in [0, 0.05) is 0 Å². The molecule has 0 aromatic heterocycles. The van der Waals surface area contributed by atoms with Crippen LogP contribution in [-0.4, -0.2) is 5.11 Å². The summed E-state index contributed by atoms with van der Waals surface area (Å²) in [7, 11) is 0. The predicted molar refractivity (Wildman–Crippen MR) is 51.1 cm³/mol. The summed E-state index contributed by atoms with van der Waals surface area (Å²) in [6.07, 6.45) is 1.01. The Hall–Kier alpha value is -0.980. The maximum Gasteiger partial charge on any atom is 0.115 e. The van der Waals surface area contributed by atoms with Crippen molar-refractivity contribution in [3.63, 3.8) is 0 Å². The van der Waals surface area contributed by atoms with Crippen LogP contribution < -0.4 is 0 Å². The van der Waals surface area contributed by atoms with Gasteiger partial charge in [-0.05, 0) is 42.5 Å². The molecule has 0 heterocycles. The summed E-state index contributed by atoms with van der Waals surface area (Å²) in [6.45, 7) is 6.26. The van der Waals surface area contributed by atoms with Gasteiger partial charge in [-0.25, -0.2) is 0 Å². The van der Waals surface area contributed by atoms with Gasteiger partial charge in [-0.2, -0.15) is 0 Å². The lowest BCUT2D eigenvalue weighted by Gasteiger charge is -2.07. The third kappa shape index (κ3) is 2.26. The van der Waals surface area contributed by atoms with Crippen LogP contribution in [0.25, 0.3) is 0 Å². The molecule has 0 aliphatic carbocycles. The topological polar surface area (TPSA) is 20.2 Å². The molecule has 0 unspecified atom stereocenters. The van der Waals surface area contributed by atoms with Crippen LogP contribution in [0.2, 0.25) is 0 Å². The number of hydrogen-bond acceptors (Lipinski definition) is 1. The van der Waals surface area contributed by atoms with E-state index in [0.717, 1.165) is 12.0 Å². The van der Waals surface area contributed by atoms with Crippen molar-refractivity contribution in [2.24, 2.45) is 0 Å². The third-order valence-corrected chi connectivity index (χ3v) is 1.87. The van der Waals surface area contributed by atoms with Gasteiger partial charge < -0.3 is 5.11 Å². The molecule has 65 valence electrons. The van der Waals surface area contributed by atoms with Crippen molar-refractivity contribution in [1.29, 1.82) is 0 Å². The molecule has 0 saturated carbocycles. The van der Waals surface area contributed by atoms with Gasteiger partial charge in [0.25, 0.3) is 0 Å². The van der Waals surface area contributed by atoms with Crippen molar-refractivity contribution in [2.45, 2.75) is 27.2 Å². The molecular weight excluding hydrogens is 148 g/mol. The molecule has 0 atom stereocenters. The van der Waals surface area contributed by atoms with E-state index in [2.05, 4.69) is 13.8 Å². The Morgan fingerprint density at radius 2 is 2.00 bits per heavy atom. The largest absolute Gasteiger partial charge is 0.508 e. The van der Waals surface area contributed by atoms with E-state index in [4.69, 9.17) is 5.11 Å². The molecule has 1 nitrogen and oxygen atoms in total. The zero-order valence-corrected chi connectivity index (χ0v) is 7.89. The van der Waals surface area contributed by atoms with Crippen molar-refractivity contribution < 1.29 is 5.11 Å². The zero-order chi connectivity index (χ0) is 9.14. The van der Waals surface area contributed by atoms with Crippen LogP contribution in [0, 0.1) is 12.8 Å². The summed E-state index contributed by atoms with van der Waals surface area (Å²) >= 11 is 0. The van der Waals surface area contributed by atoms with E-state index in [1.165, 1.54) is 11.5 Å². The minimum absolute atomic E-state index is 0.352. The van der Waals surface area contributed by atoms with E-state index in [9.17, 15) is 0 Å². The highest BCUT2D eigenvalue weighted by molar-refractivity contribution is 5.35. The first kappa shape index (κ1) is 9.11. The molecular formula is C11H15O. The lowest BCUT2D eigenvalue weighted by Crippen LogP contribution is -1.94. The molecule has 1 N–H and O–H groups in total. The summed E-state index contributed by atoms with van der Waals surface area (Å²) in [4.78, 5) is 0. The SMILES string of the molecule is C[C](C)Cc1ccc(O)cc1C. The van der Waals surface area contributed by atoms with Crippen LogP contribution in [0.5, 0.6) is 5.75 Å². The molecule has 0 aliphatic rings. The molecule has 0 fully saturated rings. The molecule has 0 saturated heterocycles. The molecule has 1 radical (unpaired) electrons. The van der Waals surface area contributed by atoms with Gasteiger partial charge in [0.15, 0.2) is 0 Å². The van der Waals surface area contributed by atoms with Gasteiger partial charge in [0.1, 0.15) is 5.75 Å².